The second-order valence-corrected chi connectivity index (χ2v) is 4.83. The van der Waals surface area contributed by atoms with Gasteiger partial charge in [0.2, 0.25) is 0 Å². The van der Waals surface area contributed by atoms with Gasteiger partial charge in [0.05, 0.1) is 11.7 Å². The molecule has 104 valence electrons. The van der Waals surface area contributed by atoms with E-state index in [0.717, 1.165) is 16.7 Å². The van der Waals surface area contributed by atoms with E-state index in [2.05, 4.69) is 5.32 Å². The second kappa shape index (κ2) is 5.29. The monoisotopic (exact) mass is 280 g/mol. The fourth-order valence-electron chi connectivity index (χ4n) is 2.28. The Morgan fingerprint density at radius 3 is 2.76 bits per heavy atom. The van der Waals surface area contributed by atoms with Gasteiger partial charge in [0.1, 0.15) is 28.8 Å². The first-order valence-electron chi connectivity index (χ1n) is 6.62. The van der Waals surface area contributed by atoms with Crippen LogP contribution in [-0.2, 0) is 0 Å². The van der Waals surface area contributed by atoms with E-state index in [9.17, 15) is 4.39 Å². The Labute approximate surface area is 121 Å². The number of halogens is 1. The Balaban J connectivity index is 1.91. The van der Waals surface area contributed by atoms with Crippen molar-refractivity contribution >= 4 is 16.7 Å². The standard InChI is InChI=1S/C17H13FN2O/c1-11(17-9-12-5-2-3-8-16(12)21-17)20-15-7-4-6-14(18)13(15)10-19/h2-9,11,20H,1H3/t11-/m1/s1. The third-order valence-corrected chi connectivity index (χ3v) is 3.37. The maximum Gasteiger partial charge on any atom is 0.143 e. The number of anilines is 1. The van der Waals surface area contributed by atoms with Crippen molar-refractivity contribution < 1.29 is 8.81 Å². The molecule has 0 aliphatic heterocycles. The van der Waals surface area contributed by atoms with Gasteiger partial charge in [-0.05, 0) is 31.2 Å². The molecule has 0 bridgehead atoms. The summed E-state index contributed by atoms with van der Waals surface area (Å²) in [6.07, 6.45) is 0. The molecule has 0 aliphatic carbocycles. The van der Waals surface area contributed by atoms with Gasteiger partial charge in [-0.25, -0.2) is 4.39 Å². The van der Waals surface area contributed by atoms with Crippen LogP contribution in [0.3, 0.4) is 0 Å². The molecule has 1 N–H and O–H groups in total. The lowest BCUT2D eigenvalue weighted by molar-refractivity contribution is 0.526. The van der Waals surface area contributed by atoms with Crippen molar-refractivity contribution in [3.05, 3.63) is 65.7 Å². The lowest BCUT2D eigenvalue weighted by Gasteiger charge is -2.14. The highest BCUT2D eigenvalue weighted by atomic mass is 19.1. The molecule has 1 atom stereocenters. The predicted molar refractivity (Wildman–Crippen MR) is 79.4 cm³/mol. The zero-order chi connectivity index (χ0) is 14.8. The second-order valence-electron chi connectivity index (χ2n) is 4.83. The summed E-state index contributed by atoms with van der Waals surface area (Å²) in [6.45, 7) is 1.91. The van der Waals surface area contributed by atoms with E-state index in [1.54, 1.807) is 12.1 Å². The summed E-state index contributed by atoms with van der Waals surface area (Å²) in [7, 11) is 0. The van der Waals surface area contributed by atoms with Crippen LogP contribution in [0.15, 0.2) is 52.9 Å². The minimum atomic E-state index is -0.528. The summed E-state index contributed by atoms with van der Waals surface area (Å²) in [6, 6.07) is 15.9. The Hall–Kier alpha value is -2.80. The zero-order valence-electron chi connectivity index (χ0n) is 11.4. The normalized spacial score (nSPS) is 12.0. The minimum absolute atomic E-state index is 0.0143. The highest BCUT2D eigenvalue weighted by Crippen LogP contribution is 2.27. The van der Waals surface area contributed by atoms with E-state index in [4.69, 9.17) is 9.68 Å². The third-order valence-electron chi connectivity index (χ3n) is 3.37. The molecule has 1 heterocycles. The highest BCUT2D eigenvalue weighted by Gasteiger charge is 2.14. The molecule has 3 nitrogen and oxygen atoms in total. The minimum Gasteiger partial charge on any atom is -0.459 e. The van der Waals surface area contributed by atoms with Crippen LogP contribution >= 0.6 is 0 Å². The number of rotatable bonds is 3. The van der Waals surface area contributed by atoms with Gasteiger partial charge in [-0.3, -0.25) is 0 Å². The summed E-state index contributed by atoms with van der Waals surface area (Å²) in [5, 5.41) is 13.2. The Morgan fingerprint density at radius 2 is 2.00 bits per heavy atom. The molecular weight excluding hydrogens is 267 g/mol. The number of fused-ring (bicyclic) bond motifs is 1. The molecule has 0 aliphatic rings. The fourth-order valence-corrected chi connectivity index (χ4v) is 2.28. The van der Waals surface area contributed by atoms with Gasteiger partial charge in [0.25, 0.3) is 0 Å². The van der Waals surface area contributed by atoms with Gasteiger partial charge < -0.3 is 9.73 Å². The largest absolute Gasteiger partial charge is 0.459 e. The number of benzene rings is 2. The molecule has 0 unspecified atom stereocenters. The summed E-state index contributed by atoms with van der Waals surface area (Å²) < 4.78 is 19.4. The van der Waals surface area contributed by atoms with E-state index in [1.165, 1.54) is 6.07 Å². The first-order valence-corrected chi connectivity index (χ1v) is 6.62. The van der Waals surface area contributed by atoms with E-state index in [1.807, 2.05) is 43.3 Å². The average Bonchev–Trinajstić information content (AvgIpc) is 2.91. The summed E-state index contributed by atoms with van der Waals surface area (Å²) in [5.41, 5.74) is 1.28. The van der Waals surface area contributed by atoms with Gasteiger partial charge in [-0.1, -0.05) is 24.3 Å². The zero-order valence-corrected chi connectivity index (χ0v) is 11.4. The SMILES string of the molecule is C[C@@H](Nc1cccc(F)c1C#N)c1cc2ccccc2o1. The number of para-hydroxylation sites is 1. The van der Waals surface area contributed by atoms with Gasteiger partial charge in [0, 0.05) is 5.39 Å². The Bertz CT molecular complexity index is 799. The quantitative estimate of drug-likeness (QED) is 0.761. The molecule has 4 heteroatoms. The number of nitriles is 1. The molecule has 0 spiro atoms. The molecule has 0 amide bonds. The maximum atomic E-state index is 13.6. The summed E-state index contributed by atoms with van der Waals surface area (Å²) in [5.74, 6) is 0.212. The van der Waals surface area contributed by atoms with Crippen molar-refractivity contribution in [1.29, 1.82) is 5.26 Å². The molecule has 1 aromatic heterocycles. The van der Waals surface area contributed by atoms with E-state index < -0.39 is 5.82 Å². The van der Waals surface area contributed by atoms with Gasteiger partial charge in [-0.15, -0.1) is 0 Å². The van der Waals surface area contributed by atoms with Gasteiger partial charge in [0.15, 0.2) is 0 Å². The van der Waals surface area contributed by atoms with Crippen LogP contribution in [-0.4, -0.2) is 0 Å². The molecule has 3 aromatic rings. The number of furan rings is 1. The molecular formula is C17H13FN2O. The van der Waals surface area contributed by atoms with Crippen LogP contribution in [0.4, 0.5) is 10.1 Å². The summed E-state index contributed by atoms with van der Waals surface area (Å²) in [4.78, 5) is 0. The van der Waals surface area contributed by atoms with Gasteiger partial charge >= 0.3 is 0 Å². The molecule has 0 saturated carbocycles. The predicted octanol–water partition coefficient (Wildman–Crippen LogP) is 4.62. The maximum absolute atomic E-state index is 13.6. The van der Waals surface area contributed by atoms with Crippen LogP contribution in [0.2, 0.25) is 0 Å². The van der Waals surface area contributed by atoms with E-state index in [0.29, 0.717) is 5.69 Å². The van der Waals surface area contributed by atoms with Crippen LogP contribution in [0.25, 0.3) is 11.0 Å². The molecule has 2 aromatic carbocycles. The third kappa shape index (κ3) is 2.46. The van der Waals surface area contributed by atoms with Crippen molar-refractivity contribution in [3.63, 3.8) is 0 Å². The van der Waals surface area contributed by atoms with Crippen molar-refractivity contribution in [3.8, 4) is 6.07 Å². The van der Waals surface area contributed by atoms with Crippen molar-refractivity contribution in [2.24, 2.45) is 0 Å². The number of nitrogens with one attached hydrogen (secondary N) is 1. The highest BCUT2D eigenvalue weighted by molar-refractivity contribution is 5.78. The van der Waals surface area contributed by atoms with Crippen LogP contribution in [0.5, 0.6) is 0 Å². The van der Waals surface area contributed by atoms with Crippen LogP contribution in [0.1, 0.15) is 24.3 Å². The fraction of sp³-hybridized carbons (Fsp3) is 0.118. The lowest BCUT2D eigenvalue weighted by Crippen LogP contribution is -2.07. The first-order chi connectivity index (χ1) is 10.2. The Morgan fingerprint density at radius 1 is 1.19 bits per heavy atom. The molecule has 0 radical (unpaired) electrons. The lowest BCUT2D eigenvalue weighted by atomic mass is 10.1. The van der Waals surface area contributed by atoms with Crippen molar-refractivity contribution in [1.82, 2.24) is 0 Å². The molecule has 0 saturated heterocycles. The van der Waals surface area contributed by atoms with Crippen molar-refractivity contribution in [2.75, 3.05) is 5.32 Å². The van der Waals surface area contributed by atoms with Crippen LogP contribution < -0.4 is 5.32 Å². The molecule has 3 rings (SSSR count). The number of hydrogen-bond donors (Lipinski definition) is 1. The van der Waals surface area contributed by atoms with Crippen LogP contribution in [0, 0.1) is 17.1 Å². The van der Waals surface area contributed by atoms with E-state index in [-0.39, 0.29) is 11.6 Å². The van der Waals surface area contributed by atoms with Crippen molar-refractivity contribution in [2.45, 2.75) is 13.0 Å². The smallest absolute Gasteiger partial charge is 0.143 e. The van der Waals surface area contributed by atoms with Gasteiger partial charge in [-0.2, -0.15) is 5.26 Å². The topological polar surface area (TPSA) is 49.0 Å². The number of hydrogen-bond acceptors (Lipinski definition) is 3. The average molecular weight is 280 g/mol. The number of nitrogens with zero attached hydrogens (tertiary/aromatic N) is 1. The Kier molecular flexibility index (Phi) is 3.33. The summed E-state index contributed by atoms with van der Waals surface area (Å²) >= 11 is 0. The molecule has 21 heavy (non-hydrogen) atoms. The molecule has 0 fully saturated rings. The van der Waals surface area contributed by atoms with E-state index >= 15 is 0 Å². The first kappa shape index (κ1) is 13.2.